The van der Waals surface area contributed by atoms with Crippen molar-refractivity contribution >= 4 is 8.32 Å². The first-order chi connectivity index (χ1) is 6.47. The molecule has 0 saturated heterocycles. The molecule has 1 heterocycles. The maximum Gasteiger partial charge on any atom is 0.241 e. The Kier molecular flexibility index (Phi) is 3.46. The van der Waals surface area contributed by atoms with Crippen LogP contribution in [-0.4, -0.2) is 23.1 Å². The Morgan fingerprint density at radius 2 is 2.21 bits per heavy atom. The smallest absolute Gasteiger partial charge is 0.241 e. The molecule has 0 amide bonds. The normalized spacial score (nSPS) is 11.4. The number of hydrogen-bond acceptors (Lipinski definition) is 3. The Morgan fingerprint density at radius 3 is 2.71 bits per heavy atom. The van der Waals surface area contributed by atoms with Gasteiger partial charge >= 0.3 is 0 Å². The maximum atomic E-state index is 5.72. The van der Waals surface area contributed by atoms with E-state index in [1.54, 1.807) is 11.0 Å². The SMILES string of the molecule is C=C(CCn1cncn1)O[Si](C)(C)C. The van der Waals surface area contributed by atoms with Crippen LogP contribution in [-0.2, 0) is 11.0 Å². The molecular formula is C9H17N3OSi. The molecule has 0 spiro atoms. The number of nitrogens with zero attached hydrogens (tertiary/aromatic N) is 3. The maximum absolute atomic E-state index is 5.72. The van der Waals surface area contributed by atoms with Gasteiger partial charge in [0.25, 0.3) is 0 Å². The van der Waals surface area contributed by atoms with Crippen LogP contribution in [0.2, 0.25) is 19.6 Å². The first-order valence-electron chi connectivity index (χ1n) is 4.66. The van der Waals surface area contributed by atoms with Crippen molar-refractivity contribution < 1.29 is 4.43 Å². The molecule has 0 aliphatic carbocycles. The summed E-state index contributed by atoms with van der Waals surface area (Å²) in [5.41, 5.74) is 0. The molecule has 0 bridgehead atoms. The van der Waals surface area contributed by atoms with E-state index in [1.165, 1.54) is 6.33 Å². The summed E-state index contributed by atoms with van der Waals surface area (Å²) in [5.74, 6) is 0.847. The number of allylic oxidation sites excluding steroid dienone is 1. The second-order valence-electron chi connectivity index (χ2n) is 4.16. The first kappa shape index (κ1) is 11.0. The van der Waals surface area contributed by atoms with E-state index in [-0.39, 0.29) is 0 Å². The molecule has 0 aliphatic rings. The van der Waals surface area contributed by atoms with E-state index in [4.69, 9.17) is 4.43 Å². The van der Waals surface area contributed by atoms with Crippen LogP contribution in [0.15, 0.2) is 25.0 Å². The summed E-state index contributed by atoms with van der Waals surface area (Å²) in [5, 5.41) is 4.00. The van der Waals surface area contributed by atoms with Crippen LogP contribution < -0.4 is 0 Å². The minimum Gasteiger partial charge on any atom is -0.548 e. The summed E-state index contributed by atoms with van der Waals surface area (Å²) >= 11 is 0. The Bertz CT molecular complexity index is 290. The van der Waals surface area contributed by atoms with Crippen molar-refractivity contribution in [2.45, 2.75) is 32.6 Å². The predicted molar refractivity (Wildman–Crippen MR) is 58.2 cm³/mol. The van der Waals surface area contributed by atoms with Crippen molar-refractivity contribution in [3.05, 3.63) is 25.0 Å². The van der Waals surface area contributed by atoms with Crippen LogP contribution in [0.4, 0.5) is 0 Å². The van der Waals surface area contributed by atoms with Gasteiger partial charge in [0.05, 0.1) is 5.76 Å². The van der Waals surface area contributed by atoms with Gasteiger partial charge in [-0.25, -0.2) is 4.98 Å². The molecule has 1 aromatic heterocycles. The van der Waals surface area contributed by atoms with Gasteiger partial charge in [0.1, 0.15) is 12.7 Å². The van der Waals surface area contributed by atoms with E-state index >= 15 is 0 Å². The predicted octanol–water partition coefficient (Wildman–Crippen LogP) is 2.03. The number of rotatable bonds is 5. The van der Waals surface area contributed by atoms with Crippen LogP contribution >= 0.6 is 0 Å². The van der Waals surface area contributed by atoms with Gasteiger partial charge in [0.15, 0.2) is 0 Å². The molecule has 0 unspecified atom stereocenters. The van der Waals surface area contributed by atoms with Crippen molar-refractivity contribution in [2.24, 2.45) is 0 Å². The Hall–Kier alpha value is -1.10. The fourth-order valence-electron chi connectivity index (χ4n) is 1.07. The third kappa shape index (κ3) is 4.22. The Morgan fingerprint density at radius 1 is 1.50 bits per heavy atom. The summed E-state index contributed by atoms with van der Waals surface area (Å²) in [6.07, 6.45) is 4.03. The summed E-state index contributed by atoms with van der Waals surface area (Å²) in [6, 6.07) is 0. The van der Waals surface area contributed by atoms with Crippen LogP contribution in [0, 0.1) is 0 Å². The van der Waals surface area contributed by atoms with Gasteiger partial charge < -0.3 is 4.43 Å². The summed E-state index contributed by atoms with van der Waals surface area (Å²) in [4.78, 5) is 3.86. The summed E-state index contributed by atoms with van der Waals surface area (Å²) < 4.78 is 7.50. The van der Waals surface area contributed by atoms with Crippen LogP contribution in [0.3, 0.4) is 0 Å². The van der Waals surface area contributed by atoms with E-state index in [9.17, 15) is 0 Å². The topological polar surface area (TPSA) is 39.9 Å². The molecule has 78 valence electrons. The zero-order valence-electron chi connectivity index (χ0n) is 9.03. The van der Waals surface area contributed by atoms with E-state index in [2.05, 4.69) is 36.3 Å². The van der Waals surface area contributed by atoms with Gasteiger partial charge in [-0.3, -0.25) is 4.68 Å². The first-order valence-corrected chi connectivity index (χ1v) is 8.07. The molecule has 0 saturated carbocycles. The van der Waals surface area contributed by atoms with E-state index < -0.39 is 8.32 Å². The standard InChI is InChI=1S/C9H17N3OSi/c1-9(13-14(2,3)4)5-6-12-8-10-7-11-12/h7-8H,1,5-6H2,2-4H3. The molecule has 5 heteroatoms. The lowest BCUT2D eigenvalue weighted by Gasteiger charge is -2.20. The zero-order chi connectivity index (χ0) is 10.6. The Balaban J connectivity index is 2.29. The average molecular weight is 211 g/mol. The van der Waals surface area contributed by atoms with E-state index in [0.717, 1.165) is 18.7 Å². The van der Waals surface area contributed by atoms with Crippen molar-refractivity contribution in [3.63, 3.8) is 0 Å². The number of aromatic nitrogens is 3. The molecule has 0 radical (unpaired) electrons. The molecule has 0 atom stereocenters. The third-order valence-corrected chi connectivity index (χ3v) is 2.44. The highest BCUT2D eigenvalue weighted by molar-refractivity contribution is 6.70. The number of aryl methyl sites for hydroxylation is 1. The van der Waals surface area contributed by atoms with Gasteiger partial charge in [-0.15, -0.1) is 0 Å². The Labute approximate surface area is 85.7 Å². The highest BCUT2D eigenvalue weighted by Gasteiger charge is 2.16. The van der Waals surface area contributed by atoms with Crippen molar-refractivity contribution in [1.82, 2.24) is 14.8 Å². The van der Waals surface area contributed by atoms with Gasteiger partial charge in [-0.1, -0.05) is 6.58 Å². The quantitative estimate of drug-likeness (QED) is 0.552. The van der Waals surface area contributed by atoms with Gasteiger partial charge in [-0.05, 0) is 19.6 Å². The van der Waals surface area contributed by atoms with Crippen LogP contribution in [0.25, 0.3) is 0 Å². The molecule has 14 heavy (non-hydrogen) atoms. The largest absolute Gasteiger partial charge is 0.548 e. The fraction of sp³-hybridized carbons (Fsp3) is 0.556. The monoisotopic (exact) mass is 211 g/mol. The molecule has 4 nitrogen and oxygen atoms in total. The molecule has 1 aromatic rings. The average Bonchev–Trinajstić information content (AvgIpc) is 2.49. The lowest BCUT2D eigenvalue weighted by atomic mass is 10.4. The second-order valence-corrected chi connectivity index (χ2v) is 8.59. The minimum atomic E-state index is -1.49. The zero-order valence-corrected chi connectivity index (χ0v) is 10.0. The highest BCUT2D eigenvalue weighted by Crippen LogP contribution is 2.11. The summed E-state index contributed by atoms with van der Waals surface area (Å²) in [6.45, 7) is 11.1. The van der Waals surface area contributed by atoms with Crippen molar-refractivity contribution in [1.29, 1.82) is 0 Å². The molecule has 0 aromatic carbocycles. The lowest BCUT2D eigenvalue weighted by Crippen LogP contribution is -2.24. The number of hydrogen-bond donors (Lipinski definition) is 0. The third-order valence-electron chi connectivity index (χ3n) is 1.54. The molecule has 1 rings (SSSR count). The van der Waals surface area contributed by atoms with Crippen LogP contribution in [0.5, 0.6) is 0 Å². The molecule has 0 aliphatic heterocycles. The lowest BCUT2D eigenvalue weighted by molar-refractivity contribution is 0.387. The molecule has 0 N–H and O–H groups in total. The van der Waals surface area contributed by atoms with Gasteiger partial charge in [0, 0.05) is 13.0 Å². The van der Waals surface area contributed by atoms with E-state index in [1.807, 2.05) is 0 Å². The second kappa shape index (κ2) is 4.41. The molecular weight excluding hydrogens is 194 g/mol. The van der Waals surface area contributed by atoms with Crippen LogP contribution in [0.1, 0.15) is 6.42 Å². The van der Waals surface area contributed by atoms with Gasteiger partial charge in [0.2, 0.25) is 8.32 Å². The summed E-state index contributed by atoms with van der Waals surface area (Å²) in [7, 11) is -1.49. The van der Waals surface area contributed by atoms with Gasteiger partial charge in [-0.2, -0.15) is 5.10 Å². The minimum absolute atomic E-state index is 0.781. The van der Waals surface area contributed by atoms with Crippen molar-refractivity contribution in [3.8, 4) is 0 Å². The van der Waals surface area contributed by atoms with E-state index in [0.29, 0.717) is 0 Å². The molecule has 0 fully saturated rings. The van der Waals surface area contributed by atoms with Crippen molar-refractivity contribution in [2.75, 3.05) is 0 Å². The fourth-order valence-corrected chi connectivity index (χ4v) is 2.04. The highest BCUT2D eigenvalue weighted by atomic mass is 28.4.